The summed E-state index contributed by atoms with van der Waals surface area (Å²) in [7, 11) is 0. The highest BCUT2D eigenvalue weighted by Crippen LogP contribution is 2.10. The number of aryl methyl sites for hydroxylation is 1. The first-order valence-corrected chi connectivity index (χ1v) is 6.21. The van der Waals surface area contributed by atoms with Crippen LogP contribution in [0.4, 0.5) is 0 Å². The van der Waals surface area contributed by atoms with E-state index in [1.807, 2.05) is 17.8 Å². The lowest BCUT2D eigenvalue weighted by atomic mass is 10.2. The van der Waals surface area contributed by atoms with E-state index in [2.05, 4.69) is 31.2 Å². The molecule has 0 radical (unpaired) electrons. The summed E-state index contributed by atoms with van der Waals surface area (Å²) in [5.74, 6) is 2.63. The number of benzene rings is 1. The molecule has 0 amide bonds. The van der Waals surface area contributed by atoms with E-state index in [0.29, 0.717) is 12.5 Å². The number of hydrogen-bond acceptors (Lipinski definition) is 2. The summed E-state index contributed by atoms with van der Waals surface area (Å²) in [4.78, 5) is 0. The van der Waals surface area contributed by atoms with Crippen LogP contribution in [-0.2, 0) is 6.42 Å². The van der Waals surface area contributed by atoms with Gasteiger partial charge in [-0.15, -0.1) is 0 Å². The van der Waals surface area contributed by atoms with Crippen molar-refractivity contribution >= 4 is 11.8 Å². The Bertz CT molecular complexity index is 235. The molecule has 0 saturated heterocycles. The van der Waals surface area contributed by atoms with Gasteiger partial charge in [-0.05, 0) is 29.4 Å². The molecule has 1 N–H and O–H groups in total. The minimum absolute atomic E-state index is 0.304. The molecule has 1 nitrogen and oxygen atoms in total. The fraction of sp³-hybridized carbons (Fsp3) is 0.500. The molecule has 0 aromatic heterocycles. The lowest BCUT2D eigenvalue weighted by Crippen LogP contribution is -2.04. The van der Waals surface area contributed by atoms with Crippen molar-refractivity contribution in [3.8, 4) is 0 Å². The normalized spacial score (nSPS) is 12.7. The Kier molecular flexibility index (Phi) is 5.72. The van der Waals surface area contributed by atoms with Gasteiger partial charge in [0.1, 0.15) is 0 Å². The molecule has 1 atom stereocenters. The summed E-state index contributed by atoms with van der Waals surface area (Å²) >= 11 is 1.92. The number of rotatable bonds is 6. The van der Waals surface area contributed by atoms with Gasteiger partial charge in [0.25, 0.3) is 0 Å². The summed E-state index contributed by atoms with van der Waals surface area (Å²) < 4.78 is 0. The molecule has 78 valence electrons. The molecule has 1 aromatic carbocycles. The molecule has 0 bridgehead atoms. The van der Waals surface area contributed by atoms with Crippen LogP contribution in [0.5, 0.6) is 0 Å². The van der Waals surface area contributed by atoms with E-state index in [4.69, 9.17) is 5.11 Å². The Balaban J connectivity index is 2.10. The first-order valence-electron chi connectivity index (χ1n) is 5.05. The van der Waals surface area contributed by atoms with Crippen molar-refractivity contribution in [1.82, 2.24) is 0 Å². The van der Waals surface area contributed by atoms with E-state index in [0.717, 1.165) is 17.9 Å². The van der Waals surface area contributed by atoms with Crippen molar-refractivity contribution in [2.45, 2.75) is 13.3 Å². The molecule has 0 heterocycles. The molecule has 2 heteroatoms. The Labute approximate surface area is 90.5 Å². The highest BCUT2D eigenvalue weighted by molar-refractivity contribution is 7.99. The number of aliphatic hydroxyl groups is 1. The lowest BCUT2D eigenvalue weighted by Gasteiger charge is -2.06. The SMILES string of the molecule is CC(CO)CSCCc1ccccc1. The van der Waals surface area contributed by atoms with E-state index in [1.54, 1.807) is 0 Å². The monoisotopic (exact) mass is 210 g/mol. The molecule has 0 aliphatic heterocycles. The zero-order chi connectivity index (χ0) is 10.2. The summed E-state index contributed by atoms with van der Waals surface area (Å²) in [5.41, 5.74) is 1.40. The average molecular weight is 210 g/mol. The predicted molar refractivity (Wildman–Crippen MR) is 63.7 cm³/mol. The topological polar surface area (TPSA) is 20.2 Å². The minimum atomic E-state index is 0.304. The molecule has 0 saturated carbocycles. The summed E-state index contributed by atoms with van der Waals surface area (Å²) in [6.07, 6.45) is 1.13. The van der Waals surface area contributed by atoms with Crippen molar-refractivity contribution in [2.24, 2.45) is 5.92 Å². The third-order valence-corrected chi connectivity index (χ3v) is 3.39. The molecule has 0 fully saturated rings. The van der Waals surface area contributed by atoms with Crippen LogP contribution in [0.2, 0.25) is 0 Å². The predicted octanol–water partition coefficient (Wildman–Crippen LogP) is 2.59. The van der Waals surface area contributed by atoms with Crippen LogP contribution in [0.15, 0.2) is 30.3 Å². The zero-order valence-corrected chi connectivity index (χ0v) is 9.46. The van der Waals surface area contributed by atoms with Crippen LogP contribution in [0, 0.1) is 5.92 Å². The van der Waals surface area contributed by atoms with Gasteiger partial charge in [0.05, 0.1) is 0 Å². The van der Waals surface area contributed by atoms with E-state index in [9.17, 15) is 0 Å². The van der Waals surface area contributed by atoms with Crippen LogP contribution < -0.4 is 0 Å². The number of hydrogen-bond donors (Lipinski definition) is 1. The highest BCUT2D eigenvalue weighted by atomic mass is 32.2. The van der Waals surface area contributed by atoms with Crippen molar-refractivity contribution < 1.29 is 5.11 Å². The molecule has 1 aromatic rings. The second kappa shape index (κ2) is 6.91. The fourth-order valence-corrected chi connectivity index (χ4v) is 2.23. The Morgan fingerprint density at radius 3 is 2.64 bits per heavy atom. The number of aliphatic hydroxyl groups excluding tert-OH is 1. The van der Waals surface area contributed by atoms with Crippen LogP contribution >= 0.6 is 11.8 Å². The second-order valence-corrected chi connectivity index (χ2v) is 4.75. The summed E-state index contributed by atoms with van der Waals surface area (Å²) in [5, 5.41) is 8.84. The molecule has 0 spiro atoms. The first kappa shape index (κ1) is 11.6. The van der Waals surface area contributed by atoms with Crippen LogP contribution in [-0.4, -0.2) is 23.2 Å². The van der Waals surface area contributed by atoms with Gasteiger partial charge in [-0.2, -0.15) is 11.8 Å². The highest BCUT2D eigenvalue weighted by Gasteiger charge is 1.99. The van der Waals surface area contributed by atoms with Gasteiger partial charge >= 0.3 is 0 Å². The second-order valence-electron chi connectivity index (χ2n) is 3.60. The molecule has 1 rings (SSSR count). The van der Waals surface area contributed by atoms with Crippen LogP contribution in [0.25, 0.3) is 0 Å². The molecule has 1 unspecified atom stereocenters. The Morgan fingerprint density at radius 2 is 2.00 bits per heavy atom. The van der Waals surface area contributed by atoms with Crippen molar-refractivity contribution in [1.29, 1.82) is 0 Å². The molecular weight excluding hydrogens is 192 g/mol. The molecule has 14 heavy (non-hydrogen) atoms. The van der Waals surface area contributed by atoms with E-state index in [-0.39, 0.29) is 0 Å². The quantitative estimate of drug-likeness (QED) is 0.728. The van der Waals surface area contributed by atoms with E-state index in [1.165, 1.54) is 5.56 Å². The van der Waals surface area contributed by atoms with Gasteiger partial charge < -0.3 is 5.11 Å². The smallest absolute Gasteiger partial charge is 0.0464 e. The molecule has 0 aliphatic rings. The van der Waals surface area contributed by atoms with Crippen molar-refractivity contribution in [2.75, 3.05) is 18.1 Å². The standard InChI is InChI=1S/C12H18OS/c1-11(9-13)10-14-8-7-12-5-3-2-4-6-12/h2-6,11,13H,7-10H2,1H3. The average Bonchev–Trinajstić information content (AvgIpc) is 2.25. The first-order chi connectivity index (χ1) is 6.83. The van der Waals surface area contributed by atoms with Gasteiger partial charge in [0.2, 0.25) is 0 Å². The zero-order valence-electron chi connectivity index (χ0n) is 8.65. The van der Waals surface area contributed by atoms with Crippen molar-refractivity contribution in [3.05, 3.63) is 35.9 Å². The maximum atomic E-state index is 8.84. The fourth-order valence-electron chi connectivity index (χ4n) is 1.17. The van der Waals surface area contributed by atoms with Gasteiger partial charge in [-0.25, -0.2) is 0 Å². The Morgan fingerprint density at radius 1 is 1.29 bits per heavy atom. The number of thioether (sulfide) groups is 1. The summed E-state index contributed by atoms with van der Waals surface area (Å²) in [6.45, 7) is 2.38. The van der Waals surface area contributed by atoms with E-state index >= 15 is 0 Å². The maximum Gasteiger partial charge on any atom is 0.0464 e. The van der Waals surface area contributed by atoms with Crippen LogP contribution in [0.3, 0.4) is 0 Å². The van der Waals surface area contributed by atoms with Gasteiger partial charge in [-0.1, -0.05) is 37.3 Å². The van der Waals surface area contributed by atoms with E-state index < -0.39 is 0 Å². The van der Waals surface area contributed by atoms with Gasteiger partial charge in [-0.3, -0.25) is 0 Å². The molecule has 0 aliphatic carbocycles. The third kappa shape index (κ3) is 4.68. The summed E-state index contributed by atoms with van der Waals surface area (Å²) in [6, 6.07) is 10.5. The van der Waals surface area contributed by atoms with Gasteiger partial charge in [0, 0.05) is 6.61 Å². The van der Waals surface area contributed by atoms with Crippen LogP contribution in [0.1, 0.15) is 12.5 Å². The maximum absolute atomic E-state index is 8.84. The third-order valence-electron chi connectivity index (χ3n) is 2.09. The Hall–Kier alpha value is -0.470. The van der Waals surface area contributed by atoms with Gasteiger partial charge in [0.15, 0.2) is 0 Å². The van der Waals surface area contributed by atoms with Crippen molar-refractivity contribution in [3.63, 3.8) is 0 Å². The lowest BCUT2D eigenvalue weighted by molar-refractivity contribution is 0.250. The largest absolute Gasteiger partial charge is 0.396 e. The minimum Gasteiger partial charge on any atom is -0.396 e. The molecular formula is C12H18OS.